The lowest BCUT2D eigenvalue weighted by Gasteiger charge is -2.08. The Morgan fingerprint density at radius 3 is 2.59 bits per heavy atom. The minimum absolute atomic E-state index is 0.424. The van der Waals surface area contributed by atoms with Gasteiger partial charge in [-0.1, -0.05) is 27.5 Å². The fourth-order valence-electron chi connectivity index (χ4n) is 1.32. The molecule has 0 radical (unpaired) electrons. The van der Waals surface area contributed by atoms with Gasteiger partial charge in [0.2, 0.25) is 0 Å². The lowest BCUT2D eigenvalue weighted by molar-refractivity contribution is 1.06. The van der Waals surface area contributed by atoms with Gasteiger partial charge in [-0.15, -0.1) is 0 Å². The number of hydrogen-bond donors (Lipinski definition) is 1. The minimum Gasteiger partial charge on any atom is -0.339 e. The van der Waals surface area contributed by atoms with Crippen LogP contribution in [0.2, 0.25) is 5.15 Å². The van der Waals surface area contributed by atoms with E-state index in [9.17, 15) is 0 Å². The van der Waals surface area contributed by atoms with E-state index in [-0.39, 0.29) is 0 Å². The molecule has 2 rings (SSSR count). The lowest BCUT2D eigenvalue weighted by atomic mass is 10.3. The molecule has 6 heteroatoms. The summed E-state index contributed by atoms with van der Waals surface area (Å²) in [6.07, 6.45) is 0. The van der Waals surface area contributed by atoms with E-state index in [4.69, 9.17) is 11.6 Å². The first kappa shape index (κ1) is 12.8. The van der Waals surface area contributed by atoms with Gasteiger partial charge in [-0.25, -0.2) is 9.97 Å². The highest BCUT2D eigenvalue weighted by atomic mass is 79.9. The smallest absolute Gasteiger partial charge is 0.135 e. The average molecular weight is 377 g/mol. The molecule has 0 fully saturated rings. The molecule has 0 spiro atoms. The van der Waals surface area contributed by atoms with E-state index in [1.807, 2.05) is 18.2 Å². The SMILES string of the molecule is Cc1nc(Cl)cc(Nc2ccc(Br)cc2Br)n1. The number of nitrogens with zero attached hydrogens (tertiary/aromatic N) is 2. The van der Waals surface area contributed by atoms with Gasteiger partial charge < -0.3 is 5.32 Å². The van der Waals surface area contributed by atoms with Crippen molar-refractivity contribution in [3.8, 4) is 0 Å². The van der Waals surface area contributed by atoms with Crippen molar-refractivity contribution < 1.29 is 0 Å². The van der Waals surface area contributed by atoms with Crippen LogP contribution in [-0.4, -0.2) is 9.97 Å². The molecular formula is C11H8Br2ClN3. The van der Waals surface area contributed by atoms with Crippen molar-refractivity contribution in [1.29, 1.82) is 0 Å². The molecule has 0 aliphatic heterocycles. The average Bonchev–Trinajstić information content (AvgIpc) is 2.21. The van der Waals surface area contributed by atoms with Gasteiger partial charge in [-0.05, 0) is 41.1 Å². The summed E-state index contributed by atoms with van der Waals surface area (Å²) in [5, 5.41) is 3.60. The highest BCUT2D eigenvalue weighted by molar-refractivity contribution is 9.11. The second-order valence-electron chi connectivity index (χ2n) is 3.37. The fraction of sp³-hybridized carbons (Fsp3) is 0.0909. The van der Waals surface area contributed by atoms with Gasteiger partial charge in [-0.3, -0.25) is 0 Å². The van der Waals surface area contributed by atoms with Crippen LogP contribution in [0.3, 0.4) is 0 Å². The molecule has 0 aliphatic carbocycles. The summed E-state index contributed by atoms with van der Waals surface area (Å²) < 4.78 is 1.95. The topological polar surface area (TPSA) is 37.8 Å². The van der Waals surface area contributed by atoms with Crippen LogP contribution in [0.15, 0.2) is 33.2 Å². The second kappa shape index (κ2) is 5.33. The molecule has 0 amide bonds. The first-order chi connectivity index (χ1) is 8.04. The molecule has 0 atom stereocenters. The Morgan fingerprint density at radius 1 is 1.18 bits per heavy atom. The maximum atomic E-state index is 5.87. The number of rotatable bonds is 2. The van der Waals surface area contributed by atoms with Crippen molar-refractivity contribution in [1.82, 2.24) is 9.97 Å². The van der Waals surface area contributed by atoms with Crippen molar-refractivity contribution >= 4 is 55.0 Å². The maximum absolute atomic E-state index is 5.87. The van der Waals surface area contributed by atoms with Crippen LogP contribution in [0, 0.1) is 6.92 Å². The number of halogens is 3. The van der Waals surface area contributed by atoms with E-state index >= 15 is 0 Å². The summed E-state index contributed by atoms with van der Waals surface area (Å²) in [5.41, 5.74) is 0.919. The Labute approximate surface area is 121 Å². The quantitative estimate of drug-likeness (QED) is 0.771. The molecule has 0 aliphatic rings. The molecule has 17 heavy (non-hydrogen) atoms. The van der Waals surface area contributed by atoms with Gasteiger partial charge in [0.1, 0.15) is 16.8 Å². The highest BCUT2D eigenvalue weighted by Crippen LogP contribution is 2.28. The number of hydrogen-bond acceptors (Lipinski definition) is 3. The van der Waals surface area contributed by atoms with Gasteiger partial charge in [0.05, 0.1) is 5.69 Å². The first-order valence-corrected chi connectivity index (χ1v) is 6.74. The van der Waals surface area contributed by atoms with Crippen LogP contribution in [0.5, 0.6) is 0 Å². The summed E-state index contributed by atoms with van der Waals surface area (Å²) >= 11 is 12.7. The molecule has 1 heterocycles. The molecule has 0 saturated heterocycles. The largest absolute Gasteiger partial charge is 0.339 e. The Morgan fingerprint density at radius 2 is 1.94 bits per heavy atom. The van der Waals surface area contributed by atoms with Crippen LogP contribution in [0.1, 0.15) is 5.82 Å². The molecule has 0 unspecified atom stereocenters. The summed E-state index contributed by atoms with van der Waals surface area (Å²) in [4.78, 5) is 8.26. The molecule has 1 aromatic carbocycles. The Balaban J connectivity index is 2.31. The molecule has 3 nitrogen and oxygen atoms in total. The highest BCUT2D eigenvalue weighted by Gasteiger charge is 2.04. The zero-order valence-electron chi connectivity index (χ0n) is 8.84. The minimum atomic E-state index is 0.424. The standard InChI is InChI=1S/C11H8Br2ClN3/c1-6-15-10(14)5-11(16-6)17-9-3-2-7(12)4-8(9)13/h2-5H,1H3,(H,15,16,17). The maximum Gasteiger partial charge on any atom is 0.135 e. The molecule has 88 valence electrons. The number of anilines is 2. The van der Waals surface area contributed by atoms with E-state index in [0.29, 0.717) is 16.8 Å². The van der Waals surface area contributed by atoms with E-state index in [0.717, 1.165) is 14.6 Å². The number of benzene rings is 1. The van der Waals surface area contributed by atoms with Crippen LogP contribution < -0.4 is 5.32 Å². The van der Waals surface area contributed by atoms with E-state index in [2.05, 4.69) is 47.1 Å². The van der Waals surface area contributed by atoms with Crippen molar-refractivity contribution in [3.63, 3.8) is 0 Å². The predicted octanol–water partition coefficient (Wildman–Crippen LogP) is 4.71. The number of nitrogens with one attached hydrogen (secondary N) is 1. The van der Waals surface area contributed by atoms with Gasteiger partial charge in [0.25, 0.3) is 0 Å². The van der Waals surface area contributed by atoms with Gasteiger partial charge >= 0.3 is 0 Å². The van der Waals surface area contributed by atoms with Gasteiger partial charge in [-0.2, -0.15) is 0 Å². The monoisotopic (exact) mass is 375 g/mol. The lowest BCUT2D eigenvalue weighted by Crippen LogP contribution is -1.97. The first-order valence-electron chi connectivity index (χ1n) is 4.78. The molecule has 2 aromatic rings. The van der Waals surface area contributed by atoms with Crippen molar-refractivity contribution in [2.45, 2.75) is 6.92 Å². The fourth-order valence-corrected chi connectivity index (χ4v) is 2.70. The summed E-state index contributed by atoms with van der Waals surface area (Å²) in [7, 11) is 0. The molecule has 1 N–H and O–H groups in total. The summed E-state index contributed by atoms with van der Waals surface area (Å²) in [6, 6.07) is 7.53. The summed E-state index contributed by atoms with van der Waals surface area (Å²) in [6.45, 7) is 1.80. The van der Waals surface area contributed by atoms with Crippen LogP contribution in [0.4, 0.5) is 11.5 Å². The Kier molecular flexibility index (Phi) is 4.01. The van der Waals surface area contributed by atoms with Crippen molar-refractivity contribution in [2.24, 2.45) is 0 Å². The van der Waals surface area contributed by atoms with Crippen molar-refractivity contribution in [3.05, 3.63) is 44.2 Å². The third-order valence-electron chi connectivity index (χ3n) is 2.00. The Hall–Kier alpha value is -0.650. The zero-order chi connectivity index (χ0) is 12.4. The van der Waals surface area contributed by atoms with E-state index in [1.54, 1.807) is 13.0 Å². The van der Waals surface area contributed by atoms with Crippen LogP contribution in [0.25, 0.3) is 0 Å². The van der Waals surface area contributed by atoms with Crippen molar-refractivity contribution in [2.75, 3.05) is 5.32 Å². The van der Waals surface area contributed by atoms with Crippen LogP contribution in [-0.2, 0) is 0 Å². The molecule has 0 bridgehead atoms. The predicted molar refractivity (Wildman–Crippen MR) is 76.9 cm³/mol. The second-order valence-corrected chi connectivity index (χ2v) is 5.53. The number of aromatic nitrogens is 2. The summed E-state index contributed by atoms with van der Waals surface area (Å²) in [5.74, 6) is 1.30. The van der Waals surface area contributed by atoms with Gasteiger partial charge in [0.15, 0.2) is 0 Å². The Bertz CT molecular complexity index is 540. The molecular weight excluding hydrogens is 369 g/mol. The van der Waals surface area contributed by atoms with Gasteiger partial charge in [0, 0.05) is 15.0 Å². The number of aryl methyl sites for hydroxylation is 1. The van der Waals surface area contributed by atoms with E-state index < -0.39 is 0 Å². The van der Waals surface area contributed by atoms with Crippen LogP contribution >= 0.6 is 43.5 Å². The molecule has 0 saturated carbocycles. The third-order valence-corrected chi connectivity index (χ3v) is 3.34. The van der Waals surface area contributed by atoms with E-state index in [1.165, 1.54) is 0 Å². The zero-order valence-corrected chi connectivity index (χ0v) is 12.8. The normalized spacial score (nSPS) is 10.4. The third kappa shape index (κ3) is 3.40. The molecule has 1 aromatic heterocycles.